The molecule has 0 aliphatic heterocycles. The van der Waals surface area contributed by atoms with Gasteiger partial charge in [-0.25, -0.2) is 0 Å². The van der Waals surface area contributed by atoms with Gasteiger partial charge in [0.2, 0.25) is 0 Å². The van der Waals surface area contributed by atoms with E-state index < -0.39 is 0 Å². The van der Waals surface area contributed by atoms with Crippen LogP contribution in [0.1, 0.15) is 0 Å². The fourth-order valence-corrected chi connectivity index (χ4v) is 9.21. The number of fused-ring (bicyclic) bond motifs is 10. The number of rotatable bonds is 4. The van der Waals surface area contributed by atoms with Crippen molar-refractivity contribution in [2.45, 2.75) is 0 Å². The molecule has 0 amide bonds. The standard InChI is InChI=1S/C52H33N3/c1-3-16-36(17-4-1)53-49-29-27-38(55-47-24-11-9-21-41(47)42-22-10-12-25-48(42)55)31-44(49)46-33-51-45(32-52(46)53)43-28-26-35(30-50(43)54(51)37-18-5-2-6-19-37)40-23-13-15-34-14-7-8-20-39(34)40/h1-33H. The molecule has 0 fully saturated rings. The van der Waals surface area contributed by atoms with Gasteiger partial charge in [0.25, 0.3) is 0 Å². The summed E-state index contributed by atoms with van der Waals surface area (Å²) in [6.07, 6.45) is 0. The molecule has 0 spiro atoms. The van der Waals surface area contributed by atoms with Crippen LogP contribution in [0.2, 0.25) is 0 Å². The second kappa shape index (κ2) is 11.6. The van der Waals surface area contributed by atoms with Crippen LogP contribution in [-0.2, 0) is 0 Å². The lowest BCUT2D eigenvalue weighted by Gasteiger charge is -2.10. The highest BCUT2D eigenvalue weighted by Crippen LogP contribution is 2.42. The zero-order chi connectivity index (χ0) is 36.0. The van der Waals surface area contributed by atoms with Crippen molar-refractivity contribution < 1.29 is 0 Å². The fourth-order valence-electron chi connectivity index (χ4n) is 9.21. The minimum Gasteiger partial charge on any atom is -0.309 e. The van der Waals surface area contributed by atoms with Crippen LogP contribution in [0.4, 0.5) is 0 Å². The number of hydrogen-bond acceptors (Lipinski definition) is 0. The lowest BCUT2D eigenvalue weighted by molar-refractivity contribution is 1.16. The Hall–Kier alpha value is -7.36. The van der Waals surface area contributed by atoms with Gasteiger partial charge in [-0.05, 0) is 94.7 Å². The number of benzene rings is 9. The first kappa shape index (κ1) is 30.1. The third kappa shape index (κ3) is 4.38. The molecule has 0 atom stereocenters. The first-order valence-corrected chi connectivity index (χ1v) is 18.9. The molecule has 256 valence electrons. The van der Waals surface area contributed by atoms with Gasteiger partial charge in [-0.1, -0.05) is 127 Å². The quantitative estimate of drug-likeness (QED) is 0.174. The largest absolute Gasteiger partial charge is 0.309 e. The van der Waals surface area contributed by atoms with Crippen LogP contribution >= 0.6 is 0 Å². The second-order valence-corrected chi connectivity index (χ2v) is 14.6. The summed E-state index contributed by atoms with van der Waals surface area (Å²) in [4.78, 5) is 0. The summed E-state index contributed by atoms with van der Waals surface area (Å²) in [6, 6.07) is 73.3. The molecule has 12 rings (SSSR count). The van der Waals surface area contributed by atoms with Crippen molar-refractivity contribution in [2.24, 2.45) is 0 Å². The van der Waals surface area contributed by atoms with E-state index >= 15 is 0 Å². The van der Waals surface area contributed by atoms with Crippen molar-refractivity contribution in [3.63, 3.8) is 0 Å². The molecule has 9 aromatic carbocycles. The smallest absolute Gasteiger partial charge is 0.0548 e. The minimum atomic E-state index is 1.15. The molecule has 12 aromatic rings. The maximum Gasteiger partial charge on any atom is 0.0548 e. The fraction of sp³-hybridized carbons (Fsp3) is 0. The summed E-state index contributed by atoms with van der Waals surface area (Å²) < 4.78 is 7.32. The van der Waals surface area contributed by atoms with E-state index in [1.807, 2.05) is 0 Å². The number of nitrogens with zero attached hydrogens (tertiary/aromatic N) is 3. The summed E-state index contributed by atoms with van der Waals surface area (Å²) in [5, 5.41) is 9.97. The SMILES string of the molecule is c1ccc(-n2c3ccc(-n4c5ccccc5c5ccccc54)cc3c3cc4c(cc32)c2ccc(-c3cccc5ccccc35)cc2n4-c2ccccc2)cc1. The first-order chi connectivity index (χ1) is 27.3. The number of aromatic nitrogens is 3. The minimum absolute atomic E-state index is 1.15. The van der Waals surface area contributed by atoms with E-state index in [0.717, 1.165) is 17.1 Å². The molecule has 0 saturated heterocycles. The van der Waals surface area contributed by atoms with Crippen LogP contribution in [0, 0.1) is 0 Å². The third-order valence-electron chi connectivity index (χ3n) is 11.6. The Bertz CT molecular complexity index is 3410. The van der Waals surface area contributed by atoms with Crippen molar-refractivity contribution in [1.29, 1.82) is 0 Å². The van der Waals surface area contributed by atoms with Gasteiger partial charge in [-0.2, -0.15) is 0 Å². The maximum atomic E-state index is 2.46. The maximum absolute atomic E-state index is 2.46. The number of hydrogen-bond donors (Lipinski definition) is 0. The molecule has 0 aliphatic carbocycles. The van der Waals surface area contributed by atoms with Crippen molar-refractivity contribution in [2.75, 3.05) is 0 Å². The van der Waals surface area contributed by atoms with Gasteiger partial charge in [0.1, 0.15) is 0 Å². The zero-order valence-corrected chi connectivity index (χ0v) is 29.9. The third-order valence-corrected chi connectivity index (χ3v) is 11.6. The monoisotopic (exact) mass is 699 g/mol. The predicted octanol–water partition coefficient (Wildman–Crippen LogP) is 13.8. The highest BCUT2D eigenvalue weighted by Gasteiger charge is 2.21. The number of para-hydroxylation sites is 4. The Morgan fingerprint density at radius 2 is 0.709 bits per heavy atom. The molecule has 0 aliphatic rings. The van der Waals surface area contributed by atoms with Crippen molar-refractivity contribution in [1.82, 2.24) is 13.7 Å². The summed E-state index contributed by atoms with van der Waals surface area (Å²) in [6.45, 7) is 0. The van der Waals surface area contributed by atoms with E-state index in [4.69, 9.17) is 0 Å². The molecule has 0 unspecified atom stereocenters. The Labute approximate surface area is 317 Å². The molecule has 55 heavy (non-hydrogen) atoms. The van der Waals surface area contributed by atoms with Crippen LogP contribution in [0.15, 0.2) is 200 Å². The van der Waals surface area contributed by atoms with Gasteiger partial charge >= 0.3 is 0 Å². The molecule has 3 aromatic heterocycles. The summed E-state index contributed by atoms with van der Waals surface area (Å²) in [5.41, 5.74) is 13.1. The van der Waals surface area contributed by atoms with E-state index in [0.29, 0.717) is 0 Å². The Balaban J connectivity index is 1.19. The summed E-state index contributed by atoms with van der Waals surface area (Å²) >= 11 is 0. The van der Waals surface area contributed by atoms with Crippen LogP contribution in [0.3, 0.4) is 0 Å². The van der Waals surface area contributed by atoms with E-state index in [2.05, 4.69) is 214 Å². The molecular formula is C52H33N3. The predicted molar refractivity (Wildman–Crippen MR) is 232 cm³/mol. The molecule has 3 nitrogen and oxygen atoms in total. The normalized spacial score (nSPS) is 12.0. The Kier molecular flexibility index (Phi) is 6.34. The Morgan fingerprint density at radius 3 is 1.40 bits per heavy atom. The van der Waals surface area contributed by atoms with Gasteiger partial charge in [-0.3, -0.25) is 0 Å². The van der Waals surface area contributed by atoms with Crippen molar-refractivity contribution in [3.05, 3.63) is 200 Å². The molecular weight excluding hydrogens is 667 g/mol. The van der Waals surface area contributed by atoms with Crippen molar-refractivity contribution >= 4 is 76.2 Å². The summed E-state index contributed by atoms with van der Waals surface area (Å²) in [7, 11) is 0. The topological polar surface area (TPSA) is 14.8 Å². The average Bonchev–Trinajstić information content (AvgIpc) is 3.88. The lowest BCUT2D eigenvalue weighted by Crippen LogP contribution is -1.95. The van der Waals surface area contributed by atoms with E-state index in [1.165, 1.54) is 87.3 Å². The molecule has 0 saturated carbocycles. The van der Waals surface area contributed by atoms with Gasteiger partial charge in [0.15, 0.2) is 0 Å². The van der Waals surface area contributed by atoms with Crippen molar-refractivity contribution in [3.8, 4) is 28.2 Å². The van der Waals surface area contributed by atoms with Gasteiger partial charge < -0.3 is 13.7 Å². The Morgan fingerprint density at radius 1 is 0.236 bits per heavy atom. The second-order valence-electron chi connectivity index (χ2n) is 14.6. The van der Waals surface area contributed by atoms with Gasteiger partial charge in [0, 0.05) is 49.4 Å². The van der Waals surface area contributed by atoms with E-state index in [9.17, 15) is 0 Å². The van der Waals surface area contributed by atoms with E-state index in [1.54, 1.807) is 0 Å². The molecule has 0 radical (unpaired) electrons. The lowest BCUT2D eigenvalue weighted by atomic mass is 9.97. The summed E-state index contributed by atoms with van der Waals surface area (Å²) in [5.74, 6) is 0. The molecule has 3 heteroatoms. The zero-order valence-electron chi connectivity index (χ0n) is 29.9. The van der Waals surface area contributed by atoms with Gasteiger partial charge in [-0.15, -0.1) is 0 Å². The van der Waals surface area contributed by atoms with Crippen LogP contribution in [-0.4, -0.2) is 13.7 Å². The first-order valence-electron chi connectivity index (χ1n) is 18.9. The average molecular weight is 700 g/mol. The highest BCUT2D eigenvalue weighted by atomic mass is 15.0. The molecule has 0 N–H and O–H groups in total. The van der Waals surface area contributed by atoms with Gasteiger partial charge in [0.05, 0.1) is 33.1 Å². The molecule has 3 heterocycles. The highest BCUT2D eigenvalue weighted by molar-refractivity contribution is 6.20. The van der Waals surface area contributed by atoms with Crippen LogP contribution in [0.5, 0.6) is 0 Å². The van der Waals surface area contributed by atoms with Crippen LogP contribution < -0.4 is 0 Å². The molecule has 0 bridgehead atoms. The van der Waals surface area contributed by atoms with E-state index in [-0.39, 0.29) is 0 Å². The van der Waals surface area contributed by atoms with Crippen LogP contribution in [0.25, 0.3) is 104 Å².